The van der Waals surface area contributed by atoms with Crippen LogP contribution >= 0.6 is 11.6 Å². The summed E-state index contributed by atoms with van der Waals surface area (Å²) in [4.78, 5) is 52.5. The van der Waals surface area contributed by atoms with Crippen LogP contribution in [-0.4, -0.2) is 41.1 Å². The zero-order valence-corrected chi connectivity index (χ0v) is 17.0. The van der Waals surface area contributed by atoms with Gasteiger partial charge in [0.05, 0.1) is 10.7 Å². The van der Waals surface area contributed by atoms with Crippen LogP contribution in [0.3, 0.4) is 0 Å². The number of nitrogens with one attached hydrogen (secondary N) is 1. The number of hydrogen-bond acceptors (Lipinski definition) is 4. The van der Waals surface area contributed by atoms with Crippen LogP contribution in [-0.2, 0) is 22.6 Å². The molecule has 0 aromatic heterocycles. The van der Waals surface area contributed by atoms with Gasteiger partial charge in [0.1, 0.15) is 11.9 Å². The normalized spacial score (nSPS) is 20.1. The second-order valence-corrected chi connectivity index (χ2v) is 8.24. The van der Waals surface area contributed by atoms with Gasteiger partial charge in [0, 0.05) is 36.2 Å². The van der Waals surface area contributed by atoms with Crippen molar-refractivity contribution in [1.29, 1.82) is 0 Å². The Kier molecular flexibility index (Phi) is 4.55. The maximum Gasteiger partial charge on any atom is 0.258 e. The number of halogens is 2. The molecular weight excluding hydrogens is 425 g/mol. The zero-order valence-electron chi connectivity index (χ0n) is 16.3. The second kappa shape index (κ2) is 7.16. The van der Waals surface area contributed by atoms with Gasteiger partial charge in [0.15, 0.2) is 0 Å². The number of benzene rings is 2. The summed E-state index contributed by atoms with van der Waals surface area (Å²) >= 11 is 5.85. The van der Waals surface area contributed by atoms with Gasteiger partial charge in [0.25, 0.3) is 11.8 Å². The number of anilines is 1. The number of nitrogens with zero attached hydrogens (tertiary/aromatic N) is 2. The van der Waals surface area contributed by atoms with Crippen LogP contribution in [0.5, 0.6) is 0 Å². The molecule has 0 aliphatic carbocycles. The Morgan fingerprint density at radius 2 is 1.94 bits per heavy atom. The van der Waals surface area contributed by atoms with E-state index in [1.54, 1.807) is 24.3 Å². The summed E-state index contributed by atoms with van der Waals surface area (Å²) in [6.07, 6.45) is 0.824. The summed E-state index contributed by atoms with van der Waals surface area (Å²) in [5.74, 6) is -1.93. The molecule has 1 atom stereocenters. The standard InChI is InChI=1S/C22H17ClFN3O4/c23-15-3-4-16-14(19(15)24)7-8-26(16)21(30)11-1-2-13-12(9-11)10-27(22(13)31)17-5-6-18(28)25-20(17)29/h1-4,9,17H,5-8,10H2,(H,25,28,29). The summed E-state index contributed by atoms with van der Waals surface area (Å²) in [5, 5.41) is 2.29. The molecule has 0 saturated carbocycles. The molecule has 1 unspecified atom stereocenters. The molecule has 3 aliphatic heterocycles. The van der Waals surface area contributed by atoms with Gasteiger partial charge in [-0.2, -0.15) is 0 Å². The average molecular weight is 442 g/mol. The molecule has 7 nitrogen and oxygen atoms in total. The highest BCUT2D eigenvalue weighted by molar-refractivity contribution is 6.31. The molecule has 0 bridgehead atoms. The van der Waals surface area contributed by atoms with Crippen molar-refractivity contribution >= 4 is 40.9 Å². The highest BCUT2D eigenvalue weighted by atomic mass is 35.5. The zero-order chi connectivity index (χ0) is 21.9. The van der Waals surface area contributed by atoms with E-state index < -0.39 is 17.8 Å². The van der Waals surface area contributed by atoms with Gasteiger partial charge in [-0.15, -0.1) is 0 Å². The van der Waals surface area contributed by atoms with Crippen LogP contribution in [0.2, 0.25) is 5.02 Å². The first kappa shape index (κ1) is 19.7. The Hall–Kier alpha value is -3.26. The molecule has 2 aromatic carbocycles. The van der Waals surface area contributed by atoms with Crippen LogP contribution in [0.25, 0.3) is 0 Å². The second-order valence-electron chi connectivity index (χ2n) is 7.84. The number of hydrogen-bond donors (Lipinski definition) is 1. The fraction of sp³-hybridized carbons (Fsp3) is 0.273. The monoisotopic (exact) mass is 441 g/mol. The Morgan fingerprint density at radius 3 is 2.71 bits per heavy atom. The number of rotatable bonds is 2. The first-order chi connectivity index (χ1) is 14.8. The van der Waals surface area contributed by atoms with E-state index in [9.17, 15) is 23.6 Å². The number of carbonyl (C=O) groups is 4. The summed E-state index contributed by atoms with van der Waals surface area (Å²) in [6.45, 7) is 0.520. The number of imide groups is 1. The lowest BCUT2D eigenvalue weighted by Gasteiger charge is -2.29. The fourth-order valence-electron chi connectivity index (χ4n) is 4.49. The van der Waals surface area contributed by atoms with E-state index in [4.69, 9.17) is 11.6 Å². The van der Waals surface area contributed by atoms with Gasteiger partial charge in [-0.1, -0.05) is 11.6 Å². The minimum Gasteiger partial charge on any atom is -0.322 e. The van der Waals surface area contributed by atoms with E-state index in [2.05, 4.69) is 5.32 Å². The maximum absolute atomic E-state index is 14.3. The molecule has 1 fully saturated rings. The summed E-state index contributed by atoms with van der Waals surface area (Å²) in [6, 6.07) is 7.14. The van der Waals surface area contributed by atoms with Gasteiger partial charge in [0.2, 0.25) is 11.8 Å². The topological polar surface area (TPSA) is 86.8 Å². The molecule has 2 aromatic rings. The highest BCUT2D eigenvalue weighted by Crippen LogP contribution is 2.35. The maximum atomic E-state index is 14.3. The molecule has 5 rings (SSSR count). The van der Waals surface area contributed by atoms with Crippen LogP contribution in [0.15, 0.2) is 30.3 Å². The van der Waals surface area contributed by atoms with Crippen molar-refractivity contribution < 1.29 is 23.6 Å². The SMILES string of the molecule is O=C1CCC(N2Cc3cc(C(=O)N4CCc5c4ccc(Cl)c5F)ccc3C2=O)C(=O)N1. The fourth-order valence-corrected chi connectivity index (χ4v) is 4.67. The van der Waals surface area contributed by atoms with E-state index in [1.807, 2.05) is 0 Å². The quantitative estimate of drug-likeness (QED) is 0.725. The molecule has 158 valence electrons. The lowest BCUT2D eigenvalue weighted by atomic mass is 10.0. The largest absolute Gasteiger partial charge is 0.322 e. The van der Waals surface area contributed by atoms with Gasteiger partial charge < -0.3 is 9.80 Å². The Balaban J connectivity index is 1.40. The Morgan fingerprint density at radius 1 is 1.13 bits per heavy atom. The molecule has 0 spiro atoms. The van der Waals surface area contributed by atoms with Gasteiger partial charge in [-0.25, -0.2) is 4.39 Å². The molecule has 31 heavy (non-hydrogen) atoms. The summed E-state index contributed by atoms with van der Waals surface area (Å²) < 4.78 is 14.3. The number of fused-ring (bicyclic) bond motifs is 2. The molecule has 9 heteroatoms. The molecule has 0 radical (unpaired) electrons. The number of amides is 4. The van der Waals surface area contributed by atoms with E-state index in [1.165, 1.54) is 15.9 Å². The predicted octanol–water partition coefficient (Wildman–Crippen LogP) is 2.44. The van der Waals surface area contributed by atoms with Crippen LogP contribution in [0.1, 0.15) is 44.7 Å². The lowest BCUT2D eigenvalue weighted by Crippen LogP contribution is -2.52. The molecular formula is C22H17ClFN3O4. The molecule has 1 N–H and O–H groups in total. The number of piperidine rings is 1. The van der Waals surface area contributed by atoms with Crippen molar-refractivity contribution in [1.82, 2.24) is 10.2 Å². The highest BCUT2D eigenvalue weighted by Gasteiger charge is 2.39. The van der Waals surface area contributed by atoms with E-state index in [0.29, 0.717) is 40.9 Å². The van der Waals surface area contributed by atoms with Crippen molar-refractivity contribution in [3.05, 3.63) is 63.4 Å². The third kappa shape index (κ3) is 3.09. The van der Waals surface area contributed by atoms with Crippen LogP contribution in [0.4, 0.5) is 10.1 Å². The third-order valence-corrected chi connectivity index (χ3v) is 6.36. The summed E-state index contributed by atoms with van der Waals surface area (Å²) in [5.41, 5.74) is 2.36. The van der Waals surface area contributed by atoms with E-state index in [-0.39, 0.29) is 42.1 Å². The van der Waals surface area contributed by atoms with E-state index >= 15 is 0 Å². The first-order valence-corrected chi connectivity index (χ1v) is 10.3. The van der Waals surface area contributed by atoms with Crippen molar-refractivity contribution in [2.24, 2.45) is 0 Å². The molecule has 4 amide bonds. The third-order valence-electron chi connectivity index (χ3n) is 6.06. The molecule has 3 heterocycles. The van der Waals surface area contributed by atoms with E-state index in [0.717, 1.165) is 0 Å². The average Bonchev–Trinajstić information content (AvgIpc) is 3.32. The minimum atomic E-state index is -0.713. The molecule has 1 saturated heterocycles. The van der Waals surface area contributed by atoms with Crippen molar-refractivity contribution in [3.63, 3.8) is 0 Å². The van der Waals surface area contributed by atoms with Crippen molar-refractivity contribution in [2.75, 3.05) is 11.4 Å². The number of carbonyl (C=O) groups excluding carboxylic acids is 4. The lowest BCUT2D eigenvalue weighted by molar-refractivity contribution is -0.136. The van der Waals surface area contributed by atoms with Crippen LogP contribution in [0, 0.1) is 5.82 Å². The van der Waals surface area contributed by atoms with Crippen molar-refractivity contribution in [2.45, 2.75) is 31.8 Å². The van der Waals surface area contributed by atoms with Crippen LogP contribution < -0.4 is 10.2 Å². The predicted molar refractivity (Wildman–Crippen MR) is 109 cm³/mol. The first-order valence-electron chi connectivity index (χ1n) is 9.91. The smallest absolute Gasteiger partial charge is 0.258 e. The Bertz CT molecular complexity index is 1180. The van der Waals surface area contributed by atoms with Gasteiger partial charge >= 0.3 is 0 Å². The van der Waals surface area contributed by atoms with Crippen molar-refractivity contribution in [3.8, 4) is 0 Å². The molecule has 3 aliphatic rings. The van der Waals surface area contributed by atoms with Gasteiger partial charge in [-0.05, 0) is 48.7 Å². The minimum absolute atomic E-state index is 0.0256. The Labute approximate surface area is 181 Å². The summed E-state index contributed by atoms with van der Waals surface area (Å²) in [7, 11) is 0. The van der Waals surface area contributed by atoms with Gasteiger partial charge in [-0.3, -0.25) is 24.5 Å².